The van der Waals surface area contributed by atoms with Gasteiger partial charge in [-0.15, -0.1) is 0 Å². The summed E-state index contributed by atoms with van der Waals surface area (Å²) in [4.78, 5) is 23.4. The molecule has 1 rings (SSSR count). The van der Waals surface area contributed by atoms with Gasteiger partial charge >= 0.3 is 11.8 Å². The van der Waals surface area contributed by atoms with Gasteiger partial charge in [-0.3, -0.25) is 9.59 Å². The Balaban J connectivity index is 2.52. The lowest BCUT2D eigenvalue weighted by Crippen LogP contribution is -2.47. The van der Waals surface area contributed by atoms with Crippen molar-refractivity contribution in [3.63, 3.8) is 0 Å². The summed E-state index contributed by atoms with van der Waals surface area (Å²) in [6, 6.07) is 6.43. The third-order valence-corrected chi connectivity index (χ3v) is 3.84. The topological polar surface area (TPSA) is 78.4 Å². The Kier molecular flexibility index (Phi) is 6.18. The number of halogens is 1. The standard InChI is InChI=1S/C15H21ClN2O3/c1-4-10(2)15(3,21)9-17-13(19)14(20)18-12-7-5-11(16)6-8-12/h5-8,10,21H,4,9H2,1-3H3,(H,17,19)(H,18,20)/t10-,15+/m0/s1. The molecule has 0 saturated heterocycles. The van der Waals surface area contributed by atoms with Gasteiger partial charge in [0.1, 0.15) is 0 Å². The van der Waals surface area contributed by atoms with E-state index in [4.69, 9.17) is 11.6 Å². The quantitative estimate of drug-likeness (QED) is 0.729. The highest BCUT2D eigenvalue weighted by Gasteiger charge is 2.28. The molecule has 0 spiro atoms. The fourth-order valence-corrected chi connectivity index (χ4v) is 1.80. The number of benzene rings is 1. The third kappa shape index (κ3) is 5.36. The number of rotatable bonds is 5. The van der Waals surface area contributed by atoms with Crippen molar-refractivity contribution in [3.8, 4) is 0 Å². The van der Waals surface area contributed by atoms with Gasteiger partial charge in [0.25, 0.3) is 0 Å². The second kappa shape index (κ2) is 7.43. The van der Waals surface area contributed by atoms with Crippen molar-refractivity contribution in [3.05, 3.63) is 29.3 Å². The Bertz CT molecular complexity index is 500. The predicted molar refractivity (Wildman–Crippen MR) is 83.2 cm³/mol. The fourth-order valence-electron chi connectivity index (χ4n) is 1.67. The molecule has 21 heavy (non-hydrogen) atoms. The van der Waals surface area contributed by atoms with E-state index < -0.39 is 17.4 Å². The van der Waals surface area contributed by atoms with E-state index in [0.29, 0.717) is 10.7 Å². The minimum absolute atomic E-state index is 0.0112. The Morgan fingerprint density at radius 3 is 2.38 bits per heavy atom. The van der Waals surface area contributed by atoms with Crippen LogP contribution in [0.3, 0.4) is 0 Å². The van der Waals surface area contributed by atoms with Crippen LogP contribution in [0.4, 0.5) is 5.69 Å². The van der Waals surface area contributed by atoms with Gasteiger partial charge in [-0.2, -0.15) is 0 Å². The van der Waals surface area contributed by atoms with Gasteiger partial charge in [0.15, 0.2) is 0 Å². The Morgan fingerprint density at radius 2 is 1.86 bits per heavy atom. The molecule has 0 aliphatic heterocycles. The Hall–Kier alpha value is -1.59. The van der Waals surface area contributed by atoms with Crippen LogP contribution >= 0.6 is 11.6 Å². The zero-order valence-electron chi connectivity index (χ0n) is 12.4. The molecular weight excluding hydrogens is 292 g/mol. The van der Waals surface area contributed by atoms with E-state index in [1.54, 1.807) is 31.2 Å². The minimum atomic E-state index is -1.05. The molecular formula is C15H21ClN2O3. The van der Waals surface area contributed by atoms with Crippen molar-refractivity contribution in [1.29, 1.82) is 0 Å². The van der Waals surface area contributed by atoms with Crippen LogP contribution in [-0.4, -0.2) is 29.1 Å². The number of anilines is 1. The van der Waals surface area contributed by atoms with Crippen LogP contribution in [0, 0.1) is 5.92 Å². The molecule has 1 aromatic rings. The second-order valence-electron chi connectivity index (χ2n) is 5.31. The molecule has 3 N–H and O–H groups in total. The molecule has 0 fully saturated rings. The summed E-state index contributed by atoms with van der Waals surface area (Å²) in [5, 5.41) is 15.6. The molecule has 5 nitrogen and oxygen atoms in total. The molecule has 6 heteroatoms. The smallest absolute Gasteiger partial charge is 0.313 e. The van der Waals surface area contributed by atoms with Crippen molar-refractivity contribution in [2.75, 3.05) is 11.9 Å². The van der Waals surface area contributed by atoms with Gasteiger partial charge in [0.2, 0.25) is 0 Å². The molecule has 2 atom stereocenters. The van der Waals surface area contributed by atoms with Crippen LogP contribution in [0.25, 0.3) is 0 Å². The van der Waals surface area contributed by atoms with Crippen molar-refractivity contribution in [2.24, 2.45) is 5.92 Å². The van der Waals surface area contributed by atoms with Gasteiger partial charge in [-0.25, -0.2) is 0 Å². The predicted octanol–water partition coefficient (Wildman–Crippen LogP) is 2.19. The lowest BCUT2D eigenvalue weighted by atomic mass is 9.89. The first-order valence-electron chi connectivity index (χ1n) is 6.83. The molecule has 0 bridgehead atoms. The summed E-state index contributed by atoms with van der Waals surface area (Å²) in [6.07, 6.45) is 0.778. The first-order chi connectivity index (χ1) is 9.76. The van der Waals surface area contributed by atoms with Crippen LogP contribution in [0.2, 0.25) is 5.02 Å². The Morgan fingerprint density at radius 1 is 1.29 bits per heavy atom. The normalized spacial score (nSPS) is 14.9. The van der Waals surface area contributed by atoms with E-state index in [2.05, 4.69) is 10.6 Å². The van der Waals surface area contributed by atoms with E-state index in [-0.39, 0.29) is 12.5 Å². The maximum atomic E-state index is 11.7. The monoisotopic (exact) mass is 312 g/mol. The minimum Gasteiger partial charge on any atom is -0.388 e. The van der Waals surface area contributed by atoms with Gasteiger partial charge in [0.05, 0.1) is 5.60 Å². The van der Waals surface area contributed by atoms with Crippen LogP contribution in [0.1, 0.15) is 27.2 Å². The first kappa shape index (κ1) is 17.5. The summed E-state index contributed by atoms with van der Waals surface area (Å²) in [7, 11) is 0. The molecule has 0 radical (unpaired) electrons. The van der Waals surface area contributed by atoms with E-state index in [1.807, 2.05) is 13.8 Å². The third-order valence-electron chi connectivity index (χ3n) is 3.59. The molecule has 1 aromatic carbocycles. The van der Waals surface area contributed by atoms with E-state index in [1.165, 1.54) is 0 Å². The molecule has 2 amide bonds. The zero-order chi connectivity index (χ0) is 16.0. The zero-order valence-corrected chi connectivity index (χ0v) is 13.2. The number of hydrogen-bond acceptors (Lipinski definition) is 3. The van der Waals surface area contributed by atoms with Crippen molar-refractivity contribution < 1.29 is 14.7 Å². The van der Waals surface area contributed by atoms with Crippen molar-refractivity contribution in [2.45, 2.75) is 32.8 Å². The molecule has 0 aliphatic rings. The van der Waals surface area contributed by atoms with E-state index >= 15 is 0 Å². The number of carbonyl (C=O) groups is 2. The number of nitrogens with one attached hydrogen (secondary N) is 2. The van der Waals surface area contributed by atoms with Gasteiger partial charge < -0.3 is 15.7 Å². The van der Waals surface area contributed by atoms with Gasteiger partial charge in [-0.05, 0) is 37.1 Å². The van der Waals surface area contributed by atoms with Crippen LogP contribution in [0.5, 0.6) is 0 Å². The summed E-state index contributed by atoms with van der Waals surface area (Å²) < 4.78 is 0. The number of amides is 2. The van der Waals surface area contributed by atoms with E-state index in [0.717, 1.165) is 6.42 Å². The second-order valence-corrected chi connectivity index (χ2v) is 5.75. The average Bonchev–Trinajstić information content (AvgIpc) is 2.46. The van der Waals surface area contributed by atoms with Crippen LogP contribution in [0.15, 0.2) is 24.3 Å². The molecule has 0 heterocycles. The lowest BCUT2D eigenvalue weighted by Gasteiger charge is -2.29. The van der Waals surface area contributed by atoms with Gasteiger partial charge in [0, 0.05) is 17.3 Å². The lowest BCUT2D eigenvalue weighted by molar-refractivity contribution is -0.137. The van der Waals surface area contributed by atoms with Crippen molar-refractivity contribution >= 4 is 29.1 Å². The average molecular weight is 313 g/mol. The molecule has 0 aromatic heterocycles. The maximum Gasteiger partial charge on any atom is 0.313 e. The fraction of sp³-hybridized carbons (Fsp3) is 0.467. The van der Waals surface area contributed by atoms with E-state index in [9.17, 15) is 14.7 Å². The SMILES string of the molecule is CC[C@H](C)[C@](C)(O)CNC(=O)C(=O)Nc1ccc(Cl)cc1. The molecule has 116 valence electrons. The number of aliphatic hydroxyl groups is 1. The van der Waals surface area contributed by atoms with Gasteiger partial charge in [-0.1, -0.05) is 31.9 Å². The summed E-state index contributed by atoms with van der Waals surface area (Å²) in [5.41, 5.74) is -0.571. The maximum absolute atomic E-state index is 11.7. The first-order valence-corrected chi connectivity index (χ1v) is 7.21. The highest BCUT2D eigenvalue weighted by Crippen LogP contribution is 2.18. The highest BCUT2D eigenvalue weighted by atomic mass is 35.5. The van der Waals surface area contributed by atoms with Crippen molar-refractivity contribution in [1.82, 2.24) is 5.32 Å². The summed E-state index contributed by atoms with van der Waals surface area (Å²) in [5.74, 6) is -1.55. The number of hydrogen-bond donors (Lipinski definition) is 3. The van der Waals surface area contributed by atoms with Crippen LogP contribution in [-0.2, 0) is 9.59 Å². The van der Waals surface area contributed by atoms with Crippen LogP contribution < -0.4 is 10.6 Å². The highest BCUT2D eigenvalue weighted by molar-refractivity contribution is 6.39. The summed E-state index contributed by atoms with van der Waals surface area (Å²) >= 11 is 5.73. The largest absolute Gasteiger partial charge is 0.388 e. The molecule has 0 aliphatic carbocycles. The number of carbonyl (C=O) groups excluding carboxylic acids is 2. The molecule has 0 saturated carbocycles. The molecule has 0 unspecified atom stereocenters. The summed E-state index contributed by atoms with van der Waals surface area (Å²) in [6.45, 7) is 5.50. The Labute approximate surface area is 129 Å².